The highest BCUT2D eigenvalue weighted by Crippen LogP contribution is 2.21. The summed E-state index contributed by atoms with van der Waals surface area (Å²) >= 11 is 0. The van der Waals surface area contributed by atoms with Gasteiger partial charge in [0.05, 0.1) is 0 Å². The van der Waals surface area contributed by atoms with Crippen LogP contribution in [0.2, 0.25) is 0 Å². The van der Waals surface area contributed by atoms with Gasteiger partial charge in [-0.1, -0.05) is 30.3 Å². The highest BCUT2D eigenvalue weighted by molar-refractivity contribution is 5.97. The van der Waals surface area contributed by atoms with Crippen LogP contribution in [0.1, 0.15) is 28.8 Å². The van der Waals surface area contributed by atoms with Crippen molar-refractivity contribution in [1.29, 1.82) is 0 Å². The Balaban J connectivity index is 1.62. The summed E-state index contributed by atoms with van der Waals surface area (Å²) in [7, 11) is 0. The van der Waals surface area contributed by atoms with E-state index in [4.69, 9.17) is 0 Å². The standard InChI is InChI=1S/C18H18N2O2/c21-17-7-4-12-20(17)16-10-8-15(9-11-16)18(22)19-13-14-5-2-1-3-6-14/h1-3,5-6,8-11H,4,7,12-13H2,(H,19,22). The van der Waals surface area contributed by atoms with E-state index in [9.17, 15) is 9.59 Å². The molecule has 1 aliphatic heterocycles. The second kappa shape index (κ2) is 6.43. The molecule has 4 heteroatoms. The second-order valence-electron chi connectivity index (χ2n) is 5.36. The minimum atomic E-state index is -0.108. The molecule has 1 fully saturated rings. The Morgan fingerprint density at radius 1 is 1.05 bits per heavy atom. The predicted octanol–water partition coefficient (Wildman–Crippen LogP) is 2.74. The van der Waals surface area contributed by atoms with Crippen LogP contribution < -0.4 is 10.2 Å². The van der Waals surface area contributed by atoms with Crippen molar-refractivity contribution in [2.75, 3.05) is 11.4 Å². The van der Waals surface area contributed by atoms with Crippen molar-refractivity contribution in [2.24, 2.45) is 0 Å². The summed E-state index contributed by atoms with van der Waals surface area (Å²) in [6, 6.07) is 17.0. The molecule has 0 aliphatic carbocycles. The maximum atomic E-state index is 12.1. The van der Waals surface area contributed by atoms with Gasteiger partial charge in [-0.2, -0.15) is 0 Å². The van der Waals surface area contributed by atoms with Gasteiger partial charge in [-0.15, -0.1) is 0 Å². The number of hydrogen-bond acceptors (Lipinski definition) is 2. The fraction of sp³-hybridized carbons (Fsp3) is 0.222. The molecular formula is C18H18N2O2. The van der Waals surface area contributed by atoms with E-state index >= 15 is 0 Å². The van der Waals surface area contributed by atoms with E-state index in [-0.39, 0.29) is 11.8 Å². The first kappa shape index (κ1) is 14.3. The summed E-state index contributed by atoms with van der Waals surface area (Å²) < 4.78 is 0. The molecule has 22 heavy (non-hydrogen) atoms. The Labute approximate surface area is 129 Å². The lowest BCUT2D eigenvalue weighted by Crippen LogP contribution is -2.24. The van der Waals surface area contributed by atoms with Gasteiger partial charge in [-0.3, -0.25) is 9.59 Å². The molecule has 112 valence electrons. The van der Waals surface area contributed by atoms with Gasteiger partial charge < -0.3 is 10.2 Å². The highest BCUT2D eigenvalue weighted by Gasteiger charge is 2.21. The molecule has 2 aromatic carbocycles. The van der Waals surface area contributed by atoms with Crippen LogP contribution in [-0.2, 0) is 11.3 Å². The lowest BCUT2D eigenvalue weighted by molar-refractivity contribution is -0.117. The monoisotopic (exact) mass is 294 g/mol. The zero-order valence-electron chi connectivity index (χ0n) is 12.3. The first-order valence-corrected chi connectivity index (χ1v) is 7.46. The Kier molecular flexibility index (Phi) is 4.19. The normalized spacial score (nSPS) is 14.2. The summed E-state index contributed by atoms with van der Waals surface area (Å²) in [5, 5.41) is 2.89. The summed E-state index contributed by atoms with van der Waals surface area (Å²) in [6.07, 6.45) is 1.51. The van der Waals surface area contributed by atoms with Crippen LogP contribution in [0.5, 0.6) is 0 Å². The van der Waals surface area contributed by atoms with E-state index < -0.39 is 0 Å². The van der Waals surface area contributed by atoms with Crippen LogP contribution in [0, 0.1) is 0 Å². The fourth-order valence-electron chi connectivity index (χ4n) is 2.59. The number of amides is 2. The molecule has 4 nitrogen and oxygen atoms in total. The molecule has 0 spiro atoms. The molecule has 1 saturated heterocycles. The van der Waals surface area contributed by atoms with Crippen molar-refractivity contribution >= 4 is 17.5 Å². The first-order chi connectivity index (χ1) is 10.7. The van der Waals surface area contributed by atoms with E-state index in [1.54, 1.807) is 17.0 Å². The Hall–Kier alpha value is -2.62. The smallest absolute Gasteiger partial charge is 0.251 e. The average molecular weight is 294 g/mol. The molecule has 2 aromatic rings. The molecule has 0 unspecified atom stereocenters. The number of hydrogen-bond donors (Lipinski definition) is 1. The Morgan fingerprint density at radius 2 is 1.77 bits per heavy atom. The van der Waals surface area contributed by atoms with Crippen LogP contribution in [-0.4, -0.2) is 18.4 Å². The van der Waals surface area contributed by atoms with Gasteiger partial charge in [0.25, 0.3) is 5.91 Å². The molecule has 1 aliphatic rings. The summed E-state index contributed by atoms with van der Waals surface area (Å²) in [5.74, 6) is 0.0458. The van der Waals surface area contributed by atoms with Crippen LogP contribution in [0.25, 0.3) is 0 Å². The van der Waals surface area contributed by atoms with Gasteiger partial charge in [0.2, 0.25) is 5.91 Å². The number of carbonyl (C=O) groups is 2. The molecule has 1 heterocycles. The molecule has 0 radical (unpaired) electrons. The number of nitrogens with one attached hydrogen (secondary N) is 1. The van der Waals surface area contributed by atoms with Gasteiger partial charge in [-0.05, 0) is 36.2 Å². The maximum absolute atomic E-state index is 12.1. The van der Waals surface area contributed by atoms with Gasteiger partial charge >= 0.3 is 0 Å². The van der Waals surface area contributed by atoms with Crippen molar-refractivity contribution < 1.29 is 9.59 Å². The van der Waals surface area contributed by atoms with Gasteiger partial charge in [0, 0.05) is 30.8 Å². The quantitative estimate of drug-likeness (QED) is 0.942. The molecule has 0 aromatic heterocycles. The topological polar surface area (TPSA) is 49.4 Å². The molecule has 0 atom stereocenters. The van der Waals surface area contributed by atoms with Gasteiger partial charge in [0.1, 0.15) is 0 Å². The predicted molar refractivity (Wildman–Crippen MR) is 85.6 cm³/mol. The fourth-order valence-corrected chi connectivity index (χ4v) is 2.59. The summed E-state index contributed by atoms with van der Waals surface area (Å²) in [4.78, 5) is 25.6. The number of benzene rings is 2. The van der Waals surface area contributed by atoms with E-state index in [0.717, 1.165) is 24.2 Å². The molecule has 0 saturated carbocycles. The van der Waals surface area contributed by atoms with E-state index in [0.29, 0.717) is 18.5 Å². The van der Waals surface area contributed by atoms with E-state index in [1.165, 1.54) is 0 Å². The number of anilines is 1. The van der Waals surface area contributed by atoms with E-state index in [2.05, 4.69) is 5.32 Å². The highest BCUT2D eigenvalue weighted by atomic mass is 16.2. The zero-order chi connectivity index (χ0) is 15.4. The second-order valence-corrected chi connectivity index (χ2v) is 5.36. The van der Waals surface area contributed by atoms with Crippen LogP contribution in [0.4, 0.5) is 5.69 Å². The van der Waals surface area contributed by atoms with Gasteiger partial charge in [0.15, 0.2) is 0 Å². The summed E-state index contributed by atoms with van der Waals surface area (Å²) in [5.41, 5.74) is 2.53. The lowest BCUT2D eigenvalue weighted by atomic mass is 10.1. The van der Waals surface area contributed by atoms with Crippen molar-refractivity contribution in [2.45, 2.75) is 19.4 Å². The third-order valence-corrected chi connectivity index (χ3v) is 3.81. The first-order valence-electron chi connectivity index (χ1n) is 7.46. The SMILES string of the molecule is O=C(NCc1ccccc1)c1ccc(N2CCCC2=O)cc1. The Morgan fingerprint density at radius 3 is 2.41 bits per heavy atom. The van der Waals surface area contributed by atoms with Crippen molar-refractivity contribution in [3.63, 3.8) is 0 Å². The average Bonchev–Trinajstić information content (AvgIpc) is 3.00. The minimum Gasteiger partial charge on any atom is -0.348 e. The largest absolute Gasteiger partial charge is 0.348 e. The van der Waals surface area contributed by atoms with Crippen LogP contribution in [0.15, 0.2) is 54.6 Å². The maximum Gasteiger partial charge on any atom is 0.251 e. The van der Waals surface area contributed by atoms with Crippen molar-refractivity contribution in [1.82, 2.24) is 5.32 Å². The third-order valence-electron chi connectivity index (χ3n) is 3.81. The lowest BCUT2D eigenvalue weighted by Gasteiger charge is -2.15. The molecule has 3 rings (SSSR count). The van der Waals surface area contributed by atoms with Crippen LogP contribution >= 0.6 is 0 Å². The van der Waals surface area contributed by atoms with Crippen LogP contribution in [0.3, 0.4) is 0 Å². The Bertz CT molecular complexity index is 665. The van der Waals surface area contributed by atoms with E-state index in [1.807, 2.05) is 42.5 Å². The molecule has 0 bridgehead atoms. The van der Waals surface area contributed by atoms with Gasteiger partial charge in [-0.25, -0.2) is 0 Å². The third kappa shape index (κ3) is 3.17. The van der Waals surface area contributed by atoms with Crippen molar-refractivity contribution in [3.05, 3.63) is 65.7 Å². The molecule has 2 amide bonds. The van der Waals surface area contributed by atoms with Crippen molar-refractivity contribution in [3.8, 4) is 0 Å². The molecule has 1 N–H and O–H groups in total. The minimum absolute atomic E-state index is 0.108. The molecular weight excluding hydrogens is 276 g/mol. The zero-order valence-corrected chi connectivity index (χ0v) is 12.3. The summed E-state index contributed by atoms with van der Waals surface area (Å²) in [6.45, 7) is 1.27. The number of carbonyl (C=O) groups excluding carboxylic acids is 2. The number of nitrogens with zero attached hydrogens (tertiary/aromatic N) is 1. The number of rotatable bonds is 4.